The molecule has 0 fully saturated rings. The molecule has 2 aromatic rings. The lowest BCUT2D eigenvalue weighted by Gasteiger charge is -2.16. The normalized spacial score (nSPS) is 12.5. The van der Waals surface area contributed by atoms with Gasteiger partial charge in [0.25, 0.3) is 0 Å². The summed E-state index contributed by atoms with van der Waals surface area (Å²) < 4.78 is 13.4. The van der Waals surface area contributed by atoms with Gasteiger partial charge in [0.15, 0.2) is 0 Å². The van der Waals surface area contributed by atoms with Crippen LogP contribution in [0.1, 0.15) is 28.3 Å². The van der Waals surface area contributed by atoms with Gasteiger partial charge in [-0.05, 0) is 31.0 Å². The zero-order valence-corrected chi connectivity index (χ0v) is 11.1. The van der Waals surface area contributed by atoms with Crippen LogP contribution in [0.15, 0.2) is 36.4 Å². The fourth-order valence-electron chi connectivity index (χ4n) is 2.13. The molecule has 0 aliphatic heterocycles. The minimum absolute atomic E-state index is 0.101. The molecule has 0 bridgehead atoms. The van der Waals surface area contributed by atoms with E-state index < -0.39 is 11.9 Å². The Bertz CT molecular complexity index is 560. The summed E-state index contributed by atoms with van der Waals surface area (Å²) in [4.78, 5) is 0. The number of benzene rings is 2. The summed E-state index contributed by atoms with van der Waals surface area (Å²) in [5.41, 5.74) is 9.99. The van der Waals surface area contributed by atoms with Gasteiger partial charge in [-0.1, -0.05) is 53.1 Å². The van der Waals surface area contributed by atoms with Gasteiger partial charge in [-0.3, -0.25) is 0 Å². The summed E-state index contributed by atoms with van der Waals surface area (Å²) in [5.74, 6) is -0.436. The number of hydrogen-bond acceptors (Lipinski definition) is 1. The van der Waals surface area contributed by atoms with E-state index in [1.54, 1.807) is 12.1 Å². The van der Waals surface area contributed by atoms with Gasteiger partial charge in [0.2, 0.25) is 0 Å². The summed E-state index contributed by atoms with van der Waals surface area (Å²) in [6.07, 6.45) is 0. The van der Waals surface area contributed by atoms with Crippen molar-refractivity contribution in [1.82, 2.24) is 0 Å². The predicted octanol–water partition coefficient (Wildman–Crippen LogP) is 4.14. The van der Waals surface area contributed by atoms with Gasteiger partial charge in [-0.25, -0.2) is 4.39 Å². The van der Waals surface area contributed by atoms with Gasteiger partial charge >= 0.3 is 0 Å². The molecule has 0 spiro atoms. The molecule has 2 rings (SSSR count). The van der Waals surface area contributed by atoms with Crippen molar-refractivity contribution in [3.8, 4) is 0 Å². The van der Waals surface area contributed by atoms with E-state index in [2.05, 4.69) is 6.07 Å². The third-order valence-corrected chi connectivity index (χ3v) is 3.32. The summed E-state index contributed by atoms with van der Waals surface area (Å²) in [6, 6.07) is 10.4. The molecule has 1 atom stereocenters. The Balaban J connectivity index is 2.47. The fourth-order valence-corrected chi connectivity index (χ4v) is 2.37. The van der Waals surface area contributed by atoms with Crippen LogP contribution in [0, 0.1) is 19.7 Å². The van der Waals surface area contributed by atoms with Crippen LogP contribution in [-0.4, -0.2) is 0 Å². The van der Waals surface area contributed by atoms with Crippen molar-refractivity contribution in [2.45, 2.75) is 19.9 Å². The Labute approximate surface area is 111 Å². The molecule has 0 aliphatic rings. The van der Waals surface area contributed by atoms with Crippen LogP contribution in [0.3, 0.4) is 0 Å². The average Bonchev–Trinajstić information content (AvgIpc) is 2.30. The Hall–Kier alpha value is -1.38. The van der Waals surface area contributed by atoms with Gasteiger partial charge in [-0.15, -0.1) is 0 Å². The monoisotopic (exact) mass is 263 g/mol. The second-order valence-electron chi connectivity index (χ2n) is 4.54. The van der Waals surface area contributed by atoms with Crippen molar-refractivity contribution >= 4 is 11.6 Å². The summed E-state index contributed by atoms with van der Waals surface area (Å²) >= 11 is 5.96. The van der Waals surface area contributed by atoms with Crippen molar-refractivity contribution in [2.24, 2.45) is 5.73 Å². The van der Waals surface area contributed by atoms with Crippen LogP contribution in [0.25, 0.3) is 0 Å². The average molecular weight is 264 g/mol. The van der Waals surface area contributed by atoms with E-state index in [0.717, 1.165) is 16.7 Å². The minimum Gasteiger partial charge on any atom is -0.320 e. The highest BCUT2D eigenvalue weighted by Gasteiger charge is 2.15. The van der Waals surface area contributed by atoms with Crippen molar-refractivity contribution in [3.63, 3.8) is 0 Å². The van der Waals surface area contributed by atoms with Crippen LogP contribution in [0.5, 0.6) is 0 Å². The lowest BCUT2D eigenvalue weighted by Crippen LogP contribution is -2.13. The molecule has 0 saturated carbocycles. The Morgan fingerprint density at radius 2 is 1.72 bits per heavy atom. The number of hydrogen-bond donors (Lipinski definition) is 1. The third-order valence-electron chi connectivity index (χ3n) is 2.92. The minimum atomic E-state index is -0.436. The molecule has 1 unspecified atom stereocenters. The van der Waals surface area contributed by atoms with Crippen molar-refractivity contribution in [3.05, 3.63) is 69.5 Å². The Kier molecular flexibility index (Phi) is 3.69. The van der Waals surface area contributed by atoms with E-state index in [1.807, 2.05) is 26.0 Å². The maximum Gasteiger partial charge on any atom is 0.142 e. The molecule has 2 aromatic carbocycles. The number of nitrogens with two attached hydrogens (primary N) is 1. The molecule has 1 nitrogen and oxygen atoms in total. The van der Waals surface area contributed by atoms with E-state index >= 15 is 0 Å². The van der Waals surface area contributed by atoms with Crippen LogP contribution in [0.2, 0.25) is 5.02 Å². The lowest BCUT2D eigenvalue weighted by molar-refractivity contribution is 0.624. The third kappa shape index (κ3) is 2.55. The van der Waals surface area contributed by atoms with E-state index in [1.165, 1.54) is 6.07 Å². The molecule has 0 aliphatic carbocycles. The molecule has 0 heterocycles. The van der Waals surface area contributed by atoms with Crippen molar-refractivity contribution in [2.75, 3.05) is 0 Å². The first-order valence-corrected chi connectivity index (χ1v) is 6.14. The Morgan fingerprint density at radius 3 is 2.33 bits per heavy atom. The predicted molar refractivity (Wildman–Crippen MR) is 73.4 cm³/mol. The Morgan fingerprint density at radius 1 is 1.11 bits per heavy atom. The summed E-state index contributed by atoms with van der Waals surface area (Å²) in [5, 5.41) is 0.101. The lowest BCUT2D eigenvalue weighted by atomic mass is 9.96. The number of rotatable bonds is 2. The smallest absolute Gasteiger partial charge is 0.142 e. The van der Waals surface area contributed by atoms with Gasteiger partial charge in [0, 0.05) is 0 Å². The highest BCUT2D eigenvalue weighted by atomic mass is 35.5. The number of halogens is 2. The maximum atomic E-state index is 13.4. The quantitative estimate of drug-likeness (QED) is 0.866. The van der Waals surface area contributed by atoms with Gasteiger partial charge < -0.3 is 5.73 Å². The molecule has 0 saturated heterocycles. The molecule has 94 valence electrons. The molecule has 0 aromatic heterocycles. The molecule has 18 heavy (non-hydrogen) atoms. The van der Waals surface area contributed by atoms with E-state index in [9.17, 15) is 4.39 Å². The summed E-state index contributed by atoms with van der Waals surface area (Å²) in [6.45, 7) is 4.02. The van der Waals surface area contributed by atoms with E-state index in [0.29, 0.717) is 5.56 Å². The van der Waals surface area contributed by atoms with Crippen LogP contribution >= 0.6 is 11.6 Å². The van der Waals surface area contributed by atoms with Gasteiger partial charge in [-0.2, -0.15) is 0 Å². The van der Waals surface area contributed by atoms with Crippen molar-refractivity contribution in [1.29, 1.82) is 0 Å². The standard InChI is InChI=1S/C15H15ClFN/c1-9-6-10(2)8-11(7-9)15(18)12-4-3-5-13(17)14(12)16/h3-8,15H,18H2,1-2H3. The number of aryl methyl sites for hydroxylation is 2. The van der Waals surface area contributed by atoms with E-state index in [4.69, 9.17) is 17.3 Å². The first-order valence-electron chi connectivity index (χ1n) is 5.76. The second-order valence-corrected chi connectivity index (χ2v) is 4.92. The topological polar surface area (TPSA) is 26.0 Å². The summed E-state index contributed by atoms with van der Waals surface area (Å²) in [7, 11) is 0. The van der Waals surface area contributed by atoms with Crippen LogP contribution < -0.4 is 5.73 Å². The highest BCUT2D eigenvalue weighted by Crippen LogP contribution is 2.29. The highest BCUT2D eigenvalue weighted by molar-refractivity contribution is 6.31. The molecule has 2 N–H and O–H groups in total. The molecule has 0 radical (unpaired) electrons. The van der Waals surface area contributed by atoms with Gasteiger partial charge in [0.05, 0.1) is 11.1 Å². The van der Waals surface area contributed by atoms with Crippen LogP contribution in [0.4, 0.5) is 4.39 Å². The maximum absolute atomic E-state index is 13.4. The zero-order valence-electron chi connectivity index (χ0n) is 10.4. The van der Waals surface area contributed by atoms with Crippen LogP contribution in [-0.2, 0) is 0 Å². The van der Waals surface area contributed by atoms with E-state index in [-0.39, 0.29) is 5.02 Å². The molecule has 0 amide bonds. The first-order chi connectivity index (χ1) is 8.49. The second kappa shape index (κ2) is 5.09. The first kappa shape index (κ1) is 13.1. The largest absolute Gasteiger partial charge is 0.320 e. The SMILES string of the molecule is Cc1cc(C)cc(C(N)c2cccc(F)c2Cl)c1. The zero-order chi connectivity index (χ0) is 13.3. The molecular formula is C15H15ClFN. The molecule has 3 heteroatoms. The fraction of sp³-hybridized carbons (Fsp3) is 0.200. The van der Waals surface area contributed by atoms with Gasteiger partial charge in [0.1, 0.15) is 5.82 Å². The molecular weight excluding hydrogens is 249 g/mol. The van der Waals surface area contributed by atoms with Crippen molar-refractivity contribution < 1.29 is 4.39 Å².